The predicted octanol–water partition coefficient (Wildman–Crippen LogP) is 3.48. The Kier molecular flexibility index (Phi) is 6.18. The zero-order valence-electron chi connectivity index (χ0n) is 14.6. The van der Waals surface area contributed by atoms with Crippen LogP contribution in [-0.2, 0) is 14.3 Å². The van der Waals surface area contributed by atoms with Crippen LogP contribution < -0.4 is 0 Å². The molecule has 0 aromatic carbocycles. The van der Waals surface area contributed by atoms with Crippen molar-refractivity contribution in [1.82, 2.24) is 4.90 Å². The molecule has 0 bridgehead atoms. The first-order valence-electron chi connectivity index (χ1n) is 8.27. The molecular weight excluding hydrogens is 326 g/mol. The Morgan fingerprint density at radius 1 is 1.38 bits per heavy atom. The van der Waals surface area contributed by atoms with Gasteiger partial charge in [0.2, 0.25) is 0 Å². The van der Waals surface area contributed by atoms with Gasteiger partial charge in [-0.3, -0.25) is 9.59 Å². The van der Waals surface area contributed by atoms with Crippen molar-refractivity contribution in [1.29, 1.82) is 0 Å². The Balaban J connectivity index is 2.24. The number of hydrogen-bond acceptors (Lipinski definition) is 5. The van der Waals surface area contributed by atoms with Gasteiger partial charge in [-0.1, -0.05) is 19.9 Å². The number of Topliss-reactive ketones (excluding diaryl/α,β-unsaturated/α-hetero) is 1. The maximum atomic E-state index is 12.6. The van der Waals surface area contributed by atoms with Crippen LogP contribution in [0, 0.1) is 5.92 Å². The van der Waals surface area contributed by atoms with Gasteiger partial charge in [0.25, 0.3) is 5.91 Å². The van der Waals surface area contributed by atoms with Crippen molar-refractivity contribution < 1.29 is 19.4 Å². The molecule has 0 aliphatic carbocycles. The fourth-order valence-electron chi connectivity index (χ4n) is 2.74. The fourth-order valence-corrected chi connectivity index (χ4v) is 3.59. The molecule has 0 spiro atoms. The Labute approximate surface area is 146 Å². The first-order valence-corrected chi connectivity index (χ1v) is 9.15. The molecule has 0 radical (unpaired) electrons. The van der Waals surface area contributed by atoms with Crippen LogP contribution in [0.25, 0.3) is 0 Å². The van der Waals surface area contributed by atoms with E-state index in [1.54, 1.807) is 18.7 Å². The van der Waals surface area contributed by atoms with E-state index in [1.807, 2.05) is 31.4 Å². The molecule has 0 saturated carbocycles. The topological polar surface area (TPSA) is 66.8 Å². The summed E-state index contributed by atoms with van der Waals surface area (Å²) in [5.74, 6) is -1.33. The number of hydrogen-bond donors (Lipinski definition) is 1. The van der Waals surface area contributed by atoms with Gasteiger partial charge in [0.05, 0.1) is 17.7 Å². The van der Waals surface area contributed by atoms with Crippen LogP contribution in [0.15, 0.2) is 28.8 Å². The molecule has 0 fully saturated rings. The van der Waals surface area contributed by atoms with Gasteiger partial charge in [-0.2, -0.15) is 0 Å². The molecule has 5 nitrogen and oxygen atoms in total. The molecule has 1 atom stereocenters. The van der Waals surface area contributed by atoms with Crippen molar-refractivity contribution >= 4 is 23.0 Å². The number of ketones is 1. The molecule has 6 heteroatoms. The van der Waals surface area contributed by atoms with Crippen molar-refractivity contribution in [2.45, 2.75) is 46.3 Å². The highest BCUT2D eigenvalue weighted by Gasteiger charge is 2.44. The fraction of sp³-hybridized carbons (Fsp3) is 0.556. The van der Waals surface area contributed by atoms with E-state index in [9.17, 15) is 14.7 Å². The maximum Gasteiger partial charge on any atom is 0.290 e. The summed E-state index contributed by atoms with van der Waals surface area (Å²) < 4.78 is 5.52. The molecule has 132 valence electrons. The lowest BCUT2D eigenvalue weighted by Crippen LogP contribution is -2.32. The van der Waals surface area contributed by atoms with Crippen LogP contribution in [0.4, 0.5) is 0 Å². The molecule has 1 aromatic heterocycles. The van der Waals surface area contributed by atoms with E-state index in [0.717, 1.165) is 4.88 Å². The van der Waals surface area contributed by atoms with E-state index in [0.29, 0.717) is 19.6 Å². The van der Waals surface area contributed by atoms with Gasteiger partial charge in [0.15, 0.2) is 11.5 Å². The lowest BCUT2D eigenvalue weighted by molar-refractivity contribution is -0.129. The molecule has 1 aliphatic rings. The van der Waals surface area contributed by atoms with Crippen molar-refractivity contribution in [2.24, 2.45) is 5.92 Å². The first kappa shape index (κ1) is 18.7. The summed E-state index contributed by atoms with van der Waals surface area (Å²) in [7, 11) is 0. The molecule has 1 N–H and O–H groups in total. The summed E-state index contributed by atoms with van der Waals surface area (Å²) >= 11 is 1.48. The van der Waals surface area contributed by atoms with Gasteiger partial charge in [0.1, 0.15) is 0 Å². The number of carbonyl (C=O) groups is 2. The SMILES string of the molecule is CC(C)OCCCN1C(=O)C(O)=C(C(=O)C(C)C)C1c1cccs1. The van der Waals surface area contributed by atoms with Crippen LogP contribution in [0.5, 0.6) is 0 Å². The average molecular weight is 351 g/mol. The second-order valence-electron chi connectivity index (χ2n) is 6.47. The van der Waals surface area contributed by atoms with E-state index < -0.39 is 17.7 Å². The quantitative estimate of drug-likeness (QED) is 0.728. The van der Waals surface area contributed by atoms with Crippen LogP contribution in [0.1, 0.15) is 45.0 Å². The first-order chi connectivity index (χ1) is 11.3. The van der Waals surface area contributed by atoms with Gasteiger partial charge < -0.3 is 14.7 Å². The molecule has 1 aliphatic heterocycles. The lowest BCUT2D eigenvalue weighted by Gasteiger charge is -2.26. The number of thiophene rings is 1. The summed E-state index contributed by atoms with van der Waals surface area (Å²) in [6, 6.07) is 3.29. The third-order valence-corrected chi connectivity index (χ3v) is 4.83. The number of nitrogens with zero attached hydrogens (tertiary/aromatic N) is 1. The van der Waals surface area contributed by atoms with Gasteiger partial charge in [-0.25, -0.2) is 0 Å². The Morgan fingerprint density at radius 3 is 2.62 bits per heavy atom. The van der Waals surface area contributed by atoms with Gasteiger partial charge in [-0.15, -0.1) is 11.3 Å². The predicted molar refractivity (Wildman–Crippen MR) is 94.0 cm³/mol. The summed E-state index contributed by atoms with van der Waals surface area (Å²) in [4.78, 5) is 27.5. The van der Waals surface area contributed by atoms with Gasteiger partial charge in [0, 0.05) is 23.9 Å². The van der Waals surface area contributed by atoms with Crippen LogP contribution in [0.2, 0.25) is 0 Å². The van der Waals surface area contributed by atoms with Crippen LogP contribution in [-0.4, -0.2) is 41.0 Å². The van der Waals surface area contributed by atoms with E-state index in [-0.39, 0.29) is 23.4 Å². The Hall–Kier alpha value is -1.66. The van der Waals surface area contributed by atoms with Crippen molar-refractivity contribution in [3.05, 3.63) is 33.7 Å². The monoisotopic (exact) mass is 351 g/mol. The minimum Gasteiger partial charge on any atom is -0.503 e. The molecule has 24 heavy (non-hydrogen) atoms. The van der Waals surface area contributed by atoms with Crippen LogP contribution in [0.3, 0.4) is 0 Å². The third kappa shape index (κ3) is 3.87. The lowest BCUT2D eigenvalue weighted by atomic mass is 9.95. The van der Waals surface area contributed by atoms with Gasteiger partial charge >= 0.3 is 0 Å². The minimum atomic E-state index is -0.494. The number of rotatable bonds is 8. The number of aliphatic hydroxyl groups is 1. The highest BCUT2D eigenvalue weighted by atomic mass is 32.1. The Morgan fingerprint density at radius 2 is 2.08 bits per heavy atom. The average Bonchev–Trinajstić information content (AvgIpc) is 3.12. The maximum absolute atomic E-state index is 12.6. The van der Waals surface area contributed by atoms with E-state index in [1.165, 1.54) is 11.3 Å². The summed E-state index contributed by atoms with van der Waals surface area (Å²) in [5.41, 5.74) is 0.224. The molecule has 2 rings (SSSR count). The standard InChI is InChI=1S/C18H25NO4S/c1-11(2)16(20)14-15(13-7-5-10-24-13)19(18(22)17(14)21)8-6-9-23-12(3)4/h5,7,10-12,15,21H,6,8-9H2,1-4H3. The van der Waals surface area contributed by atoms with Crippen LogP contribution >= 0.6 is 11.3 Å². The highest BCUT2D eigenvalue weighted by molar-refractivity contribution is 7.10. The molecule has 1 amide bonds. The normalized spacial score (nSPS) is 18.3. The smallest absolute Gasteiger partial charge is 0.290 e. The summed E-state index contributed by atoms with van der Waals surface area (Å²) in [5, 5.41) is 12.2. The van der Waals surface area contributed by atoms with Crippen molar-refractivity contribution in [3.8, 4) is 0 Å². The Bertz CT molecular complexity index is 619. The number of amides is 1. The zero-order chi connectivity index (χ0) is 17.9. The van der Waals surface area contributed by atoms with E-state index >= 15 is 0 Å². The second-order valence-corrected chi connectivity index (χ2v) is 7.45. The molecule has 1 aromatic rings. The van der Waals surface area contributed by atoms with E-state index in [2.05, 4.69) is 0 Å². The molecule has 2 heterocycles. The van der Waals surface area contributed by atoms with Crippen molar-refractivity contribution in [3.63, 3.8) is 0 Å². The molecular formula is C18H25NO4S. The molecule has 0 saturated heterocycles. The number of carbonyl (C=O) groups excluding carboxylic acids is 2. The largest absolute Gasteiger partial charge is 0.503 e. The zero-order valence-corrected chi connectivity index (χ0v) is 15.4. The summed E-state index contributed by atoms with van der Waals surface area (Å²) in [6.45, 7) is 8.44. The minimum absolute atomic E-state index is 0.136. The van der Waals surface area contributed by atoms with Gasteiger partial charge in [-0.05, 0) is 31.7 Å². The van der Waals surface area contributed by atoms with Crippen molar-refractivity contribution in [2.75, 3.05) is 13.2 Å². The summed E-state index contributed by atoms with van der Waals surface area (Å²) in [6.07, 6.45) is 0.791. The second kappa shape index (κ2) is 7.94. The third-order valence-electron chi connectivity index (χ3n) is 3.90. The number of ether oxygens (including phenoxy) is 1. The number of aliphatic hydroxyl groups excluding tert-OH is 1. The van der Waals surface area contributed by atoms with E-state index in [4.69, 9.17) is 4.74 Å². The highest BCUT2D eigenvalue weighted by Crippen LogP contribution is 2.40. The molecule has 1 unspecified atom stereocenters.